The fourth-order valence-electron chi connectivity index (χ4n) is 1.45. The maximum atomic E-state index is 11.1. The van der Waals surface area contributed by atoms with Crippen molar-refractivity contribution in [2.75, 3.05) is 0 Å². The quantitative estimate of drug-likeness (QED) is 0.611. The molecule has 0 amide bonds. The molecule has 0 radical (unpaired) electrons. The van der Waals surface area contributed by atoms with Crippen molar-refractivity contribution < 1.29 is 14.0 Å². The largest absolute Gasteiger partial charge is 0.443 e. The van der Waals surface area contributed by atoms with E-state index >= 15 is 0 Å². The third-order valence-electron chi connectivity index (χ3n) is 2.46. The van der Waals surface area contributed by atoms with Crippen molar-refractivity contribution in [2.45, 2.75) is 32.6 Å². The molecule has 0 bridgehead atoms. The molecule has 0 fully saturated rings. The zero-order valence-electron chi connectivity index (χ0n) is 9.45. The Morgan fingerprint density at radius 1 is 1.56 bits per heavy atom. The van der Waals surface area contributed by atoms with Crippen LogP contribution >= 0.6 is 0 Å². The van der Waals surface area contributed by atoms with Gasteiger partial charge in [-0.15, -0.1) is 0 Å². The Hall–Kier alpha value is -1.71. The Labute approximate surface area is 93.8 Å². The van der Waals surface area contributed by atoms with Gasteiger partial charge in [-0.3, -0.25) is 10.2 Å². The summed E-state index contributed by atoms with van der Waals surface area (Å²) in [4.78, 5) is 21.3. The first kappa shape index (κ1) is 12.4. The molecule has 0 saturated heterocycles. The van der Waals surface area contributed by atoms with Crippen LogP contribution in [0.4, 0.5) is 0 Å². The molecule has 1 heterocycles. The molecule has 1 rings (SSSR count). The summed E-state index contributed by atoms with van der Waals surface area (Å²) in [6.07, 6.45) is 2.02. The van der Waals surface area contributed by atoms with Crippen LogP contribution in [0.3, 0.4) is 0 Å². The lowest BCUT2D eigenvalue weighted by molar-refractivity contribution is -0.108. The van der Waals surface area contributed by atoms with Gasteiger partial charge in [0.15, 0.2) is 5.78 Å². The number of rotatable bonds is 5. The lowest BCUT2D eigenvalue weighted by Crippen LogP contribution is -2.13. The summed E-state index contributed by atoms with van der Waals surface area (Å²) >= 11 is 0. The van der Waals surface area contributed by atoms with Crippen LogP contribution in [0.2, 0.25) is 0 Å². The summed E-state index contributed by atoms with van der Waals surface area (Å²) in [7, 11) is 0. The fraction of sp³-hybridized carbons (Fsp3) is 0.417. The summed E-state index contributed by atoms with van der Waals surface area (Å²) in [5, 5.41) is 7.56. The molecule has 0 aromatic carbocycles. The Morgan fingerprint density at radius 2 is 2.25 bits per heavy atom. The summed E-state index contributed by atoms with van der Waals surface area (Å²) in [5.41, 5.74) is 0.175. The number of nitrogens with one attached hydrogen (secondary N) is 1. The lowest BCUT2D eigenvalue weighted by Gasteiger charge is -2.08. The first-order valence-electron chi connectivity index (χ1n) is 5.19. The Bertz CT molecular complexity index is 448. The standard InChI is InChI=1S/C12H15NO3/c1-8(4-3-7-14)11-6-5-10(9(2)15)12(13)16-11/h5-8,13H,3-4H2,1-2H3. The van der Waals surface area contributed by atoms with E-state index in [9.17, 15) is 9.59 Å². The molecule has 1 N–H and O–H groups in total. The molecule has 4 nitrogen and oxygen atoms in total. The predicted octanol–water partition coefficient (Wildman–Crippen LogP) is 2.04. The SMILES string of the molecule is CC(=O)c1ccc(C(C)CCC=O)oc1=N. The molecular formula is C12H15NO3. The monoisotopic (exact) mass is 221 g/mol. The summed E-state index contributed by atoms with van der Waals surface area (Å²) < 4.78 is 5.26. The highest BCUT2D eigenvalue weighted by atomic mass is 16.3. The van der Waals surface area contributed by atoms with E-state index in [1.54, 1.807) is 12.1 Å². The van der Waals surface area contributed by atoms with Gasteiger partial charge in [-0.2, -0.15) is 0 Å². The molecule has 86 valence electrons. The summed E-state index contributed by atoms with van der Waals surface area (Å²) in [5.74, 6) is 0.535. The maximum Gasteiger partial charge on any atom is 0.222 e. The minimum absolute atomic E-state index is 0.0790. The summed E-state index contributed by atoms with van der Waals surface area (Å²) in [6.45, 7) is 3.33. The number of aldehydes is 1. The minimum atomic E-state index is -0.180. The molecule has 1 unspecified atom stereocenters. The topological polar surface area (TPSA) is 71.1 Å². The van der Waals surface area contributed by atoms with Crippen LogP contribution in [-0.2, 0) is 4.79 Å². The van der Waals surface area contributed by atoms with Gasteiger partial charge in [0.05, 0.1) is 5.56 Å². The maximum absolute atomic E-state index is 11.1. The third kappa shape index (κ3) is 2.89. The molecule has 0 saturated carbocycles. The molecular weight excluding hydrogens is 206 g/mol. The predicted molar refractivity (Wildman–Crippen MR) is 58.3 cm³/mol. The van der Waals surface area contributed by atoms with Crippen LogP contribution in [0.1, 0.15) is 48.7 Å². The third-order valence-corrected chi connectivity index (χ3v) is 2.46. The van der Waals surface area contributed by atoms with Crippen LogP contribution in [0, 0.1) is 5.41 Å². The second-order valence-corrected chi connectivity index (χ2v) is 3.78. The lowest BCUT2D eigenvalue weighted by atomic mass is 10.0. The highest BCUT2D eigenvalue weighted by Gasteiger charge is 2.10. The van der Waals surface area contributed by atoms with Crippen molar-refractivity contribution in [1.29, 1.82) is 5.41 Å². The second kappa shape index (κ2) is 5.39. The van der Waals surface area contributed by atoms with Crippen LogP contribution in [0.25, 0.3) is 0 Å². The van der Waals surface area contributed by atoms with Crippen molar-refractivity contribution in [2.24, 2.45) is 0 Å². The molecule has 0 aliphatic rings. The Morgan fingerprint density at radius 3 is 2.75 bits per heavy atom. The van der Waals surface area contributed by atoms with Crippen molar-refractivity contribution in [3.63, 3.8) is 0 Å². The van der Waals surface area contributed by atoms with Gasteiger partial charge >= 0.3 is 0 Å². The van der Waals surface area contributed by atoms with E-state index in [0.717, 1.165) is 6.29 Å². The van der Waals surface area contributed by atoms with Gasteiger partial charge in [0.25, 0.3) is 0 Å². The van der Waals surface area contributed by atoms with Gasteiger partial charge in [0.2, 0.25) is 5.55 Å². The molecule has 0 spiro atoms. The molecule has 1 aromatic heterocycles. The number of hydrogen-bond donors (Lipinski definition) is 1. The van der Waals surface area contributed by atoms with Gasteiger partial charge in [-0.25, -0.2) is 0 Å². The smallest absolute Gasteiger partial charge is 0.222 e. The molecule has 1 atom stereocenters. The average Bonchev–Trinajstić information content (AvgIpc) is 2.25. The molecule has 16 heavy (non-hydrogen) atoms. The minimum Gasteiger partial charge on any atom is -0.443 e. The van der Waals surface area contributed by atoms with Gasteiger partial charge in [-0.05, 0) is 25.5 Å². The molecule has 0 aliphatic carbocycles. The average molecular weight is 221 g/mol. The van der Waals surface area contributed by atoms with Gasteiger partial charge in [0, 0.05) is 12.3 Å². The molecule has 4 heteroatoms. The summed E-state index contributed by atoms with van der Waals surface area (Å²) in [6, 6.07) is 3.30. The second-order valence-electron chi connectivity index (χ2n) is 3.78. The van der Waals surface area contributed by atoms with E-state index < -0.39 is 0 Å². The van der Waals surface area contributed by atoms with Crippen LogP contribution in [-0.4, -0.2) is 12.1 Å². The number of carbonyl (C=O) groups is 2. The Balaban J connectivity index is 2.92. The Kier molecular flexibility index (Phi) is 4.17. The van der Waals surface area contributed by atoms with Gasteiger partial charge < -0.3 is 9.21 Å². The van der Waals surface area contributed by atoms with Crippen LogP contribution in [0.15, 0.2) is 16.5 Å². The number of Topliss-reactive ketones (excluding diaryl/α,β-unsaturated/α-hetero) is 1. The van der Waals surface area contributed by atoms with Crippen molar-refractivity contribution in [1.82, 2.24) is 0 Å². The van der Waals surface area contributed by atoms with Crippen molar-refractivity contribution in [3.05, 3.63) is 29.0 Å². The van der Waals surface area contributed by atoms with E-state index in [2.05, 4.69) is 0 Å². The van der Waals surface area contributed by atoms with E-state index in [1.165, 1.54) is 6.92 Å². The highest BCUT2D eigenvalue weighted by molar-refractivity contribution is 5.93. The number of carbonyl (C=O) groups excluding carboxylic acids is 2. The number of hydrogen-bond acceptors (Lipinski definition) is 4. The van der Waals surface area contributed by atoms with E-state index in [4.69, 9.17) is 9.83 Å². The van der Waals surface area contributed by atoms with Gasteiger partial charge in [0.1, 0.15) is 12.0 Å². The normalized spacial score (nSPS) is 12.1. The molecule has 1 aromatic rings. The zero-order chi connectivity index (χ0) is 12.1. The molecule has 0 aliphatic heterocycles. The first-order chi connectivity index (χ1) is 7.56. The first-order valence-corrected chi connectivity index (χ1v) is 5.19. The fourth-order valence-corrected chi connectivity index (χ4v) is 1.45. The van der Waals surface area contributed by atoms with E-state index in [1.807, 2.05) is 6.92 Å². The van der Waals surface area contributed by atoms with Crippen LogP contribution in [0.5, 0.6) is 0 Å². The zero-order valence-corrected chi connectivity index (χ0v) is 9.45. The number of ketones is 1. The van der Waals surface area contributed by atoms with E-state index in [0.29, 0.717) is 18.6 Å². The van der Waals surface area contributed by atoms with Crippen LogP contribution < -0.4 is 5.55 Å². The highest BCUT2D eigenvalue weighted by Crippen LogP contribution is 2.18. The van der Waals surface area contributed by atoms with Gasteiger partial charge in [-0.1, -0.05) is 6.92 Å². The van der Waals surface area contributed by atoms with E-state index in [-0.39, 0.29) is 22.8 Å². The van der Waals surface area contributed by atoms with Crippen molar-refractivity contribution >= 4 is 12.1 Å². The van der Waals surface area contributed by atoms with Crippen molar-refractivity contribution in [3.8, 4) is 0 Å².